The Hall–Kier alpha value is -1.40. The maximum atomic E-state index is 11.4. The summed E-state index contributed by atoms with van der Waals surface area (Å²) in [4.78, 5) is 33.0. The van der Waals surface area contributed by atoms with Crippen molar-refractivity contribution >= 4 is 36.2 Å². The predicted molar refractivity (Wildman–Crippen MR) is 67.8 cm³/mol. The predicted octanol–water partition coefficient (Wildman–Crippen LogP) is 0.808. The van der Waals surface area contributed by atoms with Gasteiger partial charge in [0.1, 0.15) is 5.65 Å². The number of halogens is 1. The third kappa shape index (κ3) is 2.79. The lowest BCUT2D eigenvalue weighted by atomic mass is 10.2. The summed E-state index contributed by atoms with van der Waals surface area (Å²) in [5.41, 5.74) is 0.325. The Morgan fingerprint density at radius 1 is 1.42 bits per heavy atom. The van der Waals surface area contributed by atoms with Crippen LogP contribution < -0.4 is 5.44 Å². The van der Waals surface area contributed by atoms with Gasteiger partial charge in [0, 0.05) is 12.1 Å². The molecule has 2 rings (SSSR count). The van der Waals surface area contributed by atoms with Gasteiger partial charge < -0.3 is 14.9 Å². The van der Waals surface area contributed by atoms with Gasteiger partial charge in [-0.2, -0.15) is 0 Å². The molecule has 0 aliphatic carbocycles. The fourth-order valence-corrected chi connectivity index (χ4v) is 2.70. The van der Waals surface area contributed by atoms with E-state index >= 15 is 0 Å². The van der Waals surface area contributed by atoms with Gasteiger partial charge in [-0.1, -0.05) is 11.6 Å². The standard InChI is InChI=1S/C10H10ClN2O5P/c11-6-1-3-8-12-5-9(19(16,17)18)13(8)7(6)2-4-10(14)15/h1,3,5H,2,4H2,(H,14,15)(H2,16,17,18). The lowest BCUT2D eigenvalue weighted by Gasteiger charge is -2.10. The van der Waals surface area contributed by atoms with Crippen molar-refractivity contribution < 1.29 is 24.3 Å². The summed E-state index contributed by atoms with van der Waals surface area (Å²) < 4.78 is 12.6. The summed E-state index contributed by atoms with van der Waals surface area (Å²) in [6, 6.07) is 3.02. The van der Waals surface area contributed by atoms with Crippen LogP contribution in [0.4, 0.5) is 0 Å². The lowest BCUT2D eigenvalue weighted by Crippen LogP contribution is -2.15. The largest absolute Gasteiger partial charge is 0.481 e. The van der Waals surface area contributed by atoms with Crippen molar-refractivity contribution in [3.8, 4) is 0 Å². The van der Waals surface area contributed by atoms with E-state index in [2.05, 4.69) is 4.98 Å². The first-order chi connectivity index (χ1) is 8.80. The Balaban J connectivity index is 2.65. The van der Waals surface area contributed by atoms with Crippen molar-refractivity contribution in [3.63, 3.8) is 0 Å². The van der Waals surface area contributed by atoms with Crippen LogP contribution in [-0.2, 0) is 15.8 Å². The summed E-state index contributed by atoms with van der Waals surface area (Å²) in [6.45, 7) is 0. The number of fused-ring (bicyclic) bond motifs is 1. The molecule has 0 aromatic carbocycles. The second-order valence-corrected chi connectivity index (χ2v) is 5.83. The van der Waals surface area contributed by atoms with Crippen molar-refractivity contribution in [2.45, 2.75) is 12.8 Å². The van der Waals surface area contributed by atoms with Gasteiger partial charge >= 0.3 is 13.6 Å². The molecule has 0 radical (unpaired) electrons. The number of aliphatic carboxylic acids is 1. The van der Waals surface area contributed by atoms with Gasteiger partial charge in [-0.05, 0) is 12.1 Å². The number of aromatic nitrogens is 2. The average molecular weight is 305 g/mol. The number of pyridine rings is 1. The van der Waals surface area contributed by atoms with Crippen molar-refractivity contribution in [1.82, 2.24) is 9.38 Å². The third-order valence-corrected chi connectivity index (χ3v) is 3.83. The van der Waals surface area contributed by atoms with Gasteiger partial charge in [-0.25, -0.2) is 4.98 Å². The molecule has 19 heavy (non-hydrogen) atoms. The number of carbonyl (C=O) groups is 1. The van der Waals surface area contributed by atoms with Gasteiger partial charge in [0.05, 0.1) is 17.6 Å². The highest BCUT2D eigenvalue weighted by molar-refractivity contribution is 7.60. The molecular weight excluding hydrogens is 295 g/mol. The quantitative estimate of drug-likeness (QED) is 0.721. The van der Waals surface area contributed by atoms with Crippen LogP contribution in [-0.4, -0.2) is 30.2 Å². The zero-order valence-corrected chi connectivity index (χ0v) is 11.2. The zero-order chi connectivity index (χ0) is 14.2. The third-order valence-electron chi connectivity index (χ3n) is 2.57. The highest BCUT2D eigenvalue weighted by Crippen LogP contribution is 2.34. The van der Waals surface area contributed by atoms with Crippen molar-refractivity contribution in [2.24, 2.45) is 0 Å². The van der Waals surface area contributed by atoms with E-state index in [0.29, 0.717) is 11.3 Å². The van der Waals surface area contributed by atoms with Crippen LogP contribution in [0.2, 0.25) is 5.02 Å². The highest BCUT2D eigenvalue weighted by Gasteiger charge is 2.24. The molecule has 0 unspecified atom stereocenters. The molecule has 0 aliphatic rings. The molecule has 0 aliphatic heterocycles. The average Bonchev–Trinajstić information content (AvgIpc) is 2.70. The molecule has 7 nitrogen and oxygen atoms in total. The van der Waals surface area contributed by atoms with Crippen LogP contribution in [0.25, 0.3) is 5.65 Å². The smallest absolute Gasteiger partial charge is 0.374 e. The van der Waals surface area contributed by atoms with Crippen molar-refractivity contribution in [1.29, 1.82) is 0 Å². The van der Waals surface area contributed by atoms with Gasteiger partial charge in [0.2, 0.25) is 0 Å². The fraction of sp³-hybridized carbons (Fsp3) is 0.200. The molecule has 0 bridgehead atoms. The van der Waals surface area contributed by atoms with Crippen LogP contribution in [0.3, 0.4) is 0 Å². The summed E-state index contributed by atoms with van der Waals surface area (Å²) in [7, 11) is -4.52. The number of aryl methyl sites for hydroxylation is 1. The molecule has 9 heteroatoms. The first-order valence-corrected chi connectivity index (χ1v) is 7.22. The molecule has 2 aromatic rings. The minimum atomic E-state index is -4.52. The Kier molecular flexibility index (Phi) is 3.64. The van der Waals surface area contributed by atoms with Crippen LogP contribution in [0.15, 0.2) is 18.3 Å². The van der Waals surface area contributed by atoms with E-state index in [1.54, 1.807) is 0 Å². The molecule has 0 amide bonds. The number of nitrogens with zero attached hydrogens (tertiary/aromatic N) is 2. The van der Waals surface area contributed by atoms with E-state index in [1.165, 1.54) is 16.5 Å². The second-order valence-electron chi connectivity index (χ2n) is 3.88. The number of carboxylic acid groups (broad SMARTS) is 1. The number of imidazole rings is 1. The fourth-order valence-electron chi connectivity index (χ4n) is 1.76. The number of hydrogen-bond acceptors (Lipinski definition) is 3. The Morgan fingerprint density at radius 2 is 2.11 bits per heavy atom. The Bertz CT molecular complexity index is 693. The van der Waals surface area contributed by atoms with Crippen LogP contribution in [0.5, 0.6) is 0 Å². The van der Waals surface area contributed by atoms with Gasteiger partial charge in [0.25, 0.3) is 0 Å². The van der Waals surface area contributed by atoms with Crippen molar-refractivity contribution in [2.75, 3.05) is 0 Å². The lowest BCUT2D eigenvalue weighted by molar-refractivity contribution is -0.136. The molecule has 0 atom stereocenters. The van der Waals surface area contributed by atoms with E-state index in [0.717, 1.165) is 6.20 Å². The molecular formula is C10H10ClN2O5P. The topological polar surface area (TPSA) is 112 Å². The van der Waals surface area contributed by atoms with Crippen molar-refractivity contribution in [3.05, 3.63) is 29.0 Å². The van der Waals surface area contributed by atoms with Crippen LogP contribution >= 0.6 is 19.2 Å². The number of hydrogen-bond donors (Lipinski definition) is 3. The normalized spacial score (nSPS) is 11.9. The highest BCUT2D eigenvalue weighted by atomic mass is 35.5. The summed E-state index contributed by atoms with van der Waals surface area (Å²) >= 11 is 5.97. The molecule has 0 spiro atoms. The van der Waals surface area contributed by atoms with Gasteiger partial charge in [-0.15, -0.1) is 0 Å². The van der Waals surface area contributed by atoms with E-state index in [-0.39, 0.29) is 23.3 Å². The molecule has 102 valence electrons. The summed E-state index contributed by atoms with van der Waals surface area (Å²) in [5, 5.41) is 8.93. The Morgan fingerprint density at radius 3 is 2.68 bits per heavy atom. The van der Waals surface area contributed by atoms with E-state index in [9.17, 15) is 19.1 Å². The number of rotatable bonds is 4. The molecule has 0 saturated heterocycles. The monoisotopic (exact) mass is 304 g/mol. The summed E-state index contributed by atoms with van der Waals surface area (Å²) in [6.07, 6.45) is 0.920. The van der Waals surface area contributed by atoms with E-state index in [1.807, 2.05) is 0 Å². The van der Waals surface area contributed by atoms with Crippen LogP contribution in [0, 0.1) is 0 Å². The molecule has 2 aromatic heterocycles. The first kappa shape index (κ1) is 14.0. The minimum Gasteiger partial charge on any atom is -0.481 e. The molecule has 0 fully saturated rings. The van der Waals surface area contributed by atoms with E-state index in [4.69, 9.17) is 16.7 Å². The Labute approximate surface area is 112 Å². The summed E-state index contributed by atoms with van der Waals surface area (Å²) in [5.74, 6) is -1.02. The zero-order valence-electron chi connectivity index (χ0n) is 9.52. The maximum Gasteiger partial charge on any atom is 0.374 e. The first-order valence-electron chi connectivity index (χ1n) is 5.23. The molecule has 0 saturated carbocycles. The maximum absolute atomic E-state index is 11.4. The molecule has 3 N–H and O–H groups in total. The molecule has 2 heterocycles. The minimum absolute atomic E-state index is 0.0505. The van der Waals surface area contributed by atoms with E-state index < -0.39 is 13.6 Å². The number of carboxylic acids is 1. The van der Waals surface area contributed by atoms with Crippen LogP contribution in [0.1, 0.15) is 12.1 Å². The van der Waals surface area contributed by atoms with Gasteiger partial charge in [0.15, 0.2) is 5.44 Å². The second kappa shape index (κ2) is 4.94. The SMILES string of the molecule is O=C(O)CCc1c(Cl)ccc2ncc(P(=O)(O)O)n12. The van der Waals surface area contributed by atoms with Gasteiger partial charge in [-0.3, -0.25) is 13.8 Å².